The molecule has 168 valence electrons. The monoisotopic (exact) mass is 429 g/mol. The van der Waals surface area contributed by atoms with E-state index in [4.69, 9.17) is 10.5 Å². The lowest BCUT2D eigenvalue weighted by atomic mass is 9.97. The highest BCUT2D eigenvalue weighted by Crippen LogP contribution is 2.36. The van der Waals surface area contributed by atoms with Gasteiger partial charge in [-0.3, -0.25) is 4.68 Å². The fraction of sp³-hybridized carbons (Fsp3) is 0.684. The Hall–Kier alpha value is -2.11. The van der Waals surface area contributed by atoms with Crippen molar-refractivity contribution < 1.29 is 17.9 Å². The van der Waals surface area contributed by atoms with E-state index >= 15 is 0 Å². The molecular formula is C19H30F3N7O. The Morgan fingerprint density at radius 3 is 2.67 bits per heavy atom. The van der Waals surface area contributed by atoms with Crippen LogP contribution in [0.3, 0.4) is 0 Å². The Morgan fingerprint density at radius 1 is 1.37 bits per heavy atom. The first-order chi connectivity index (χ1) is 14.2. The molecule has 2 aliphatic rings. The molecule has 4 N–H and O–H groups in total. The fourth-order valence-corrected chi connectivity index (χ4v) is 3.87. The van der Waals surface area contributed by atoms with Gasteiger partial charge in [-0.2, -0.15) is 18.3 Å². The van der Waals surface area contributed by atoms with Gasteiger partial charge >= 0.3 is 6.18 Å². The summed E-state index contributed by atoms with van der Waals surface area (Å²) in [6.07, 6.45) is -0.0241. The Bertz CT molecular complexity index is 797. The number of piperidine rings is 1. The van der Waals surface area contributed by atoms with E-state index in [2.05, 4.69) is 25.6 Å². The van der Waals surface area contributed by atoms with Gasteiger partial charge in [-0.1, -0.05) is 6.92 Å². The number of guanidine groups is 1. The molecular weight excluding hydrogens is 399 g/mol. The van der Waals surface area contributed by atoms with Gasteiger partial charge in [-0.25, -0.2) is 4.99 Å². The topological polar surface area (TPSA) is 92.7 Å². The summed E-state index contributed by atoms with van der Waals surface area (Å²) in [5, 5.41) is 10.1. The number of halogens is 3. The highest BCUT2D eigenvalue weighted by Gasteiger charge is 2.47. The van der Waals surface area contributed by atoms with E-state index in [1.54, 1.807) is 20.2 Å². The predicted molar refractivity (Wildman–Crippen MR) is 109 cm³/mol. The summed E-state index contributed by atoms with van der Waals surface area (Å²) in [5.41, 5.74) is 4.82. The van der Waals surface area contributed by atoms with E-state index in [1.165, 1.54) is 0 Å². The van der Waals surface area contributed by atoms with E-state index < -0.39 is 17.4 Å². The number of methoxy groups -OCH3 is 1. The number of aliphatic imine (C=N–C) groups is 1. The van der Waals surface area contributed by atoms with E-state index in [0.29, 0.717) is 5.69 Å². The number of nitrogens with two attached hydrogens (primary N) is 1. The fourth-order valence-electron chi connectivity index (χ4n) is 3.87. The Balaban J connectivity index is 1.68. The largest absolute Gasteiger partial charge is 0.417 e. The lowest BCUT2D eigenvalue weighted by molar-refractivity contribution is -0.101. The molecule has 3 heterocycles. The molecule has 2 aliphatic heterocycles. The number of alkyl halides is 3. The molecule has 8 nitrogen and oxygen atoms in total. The van der Waals surface area contributed by atoms with Crippen molar-refractivity contribution >= 4 is 11.6 Å². The van der Waals surface area contributed by atoms with Crippen molar-refractivity contribution in [1.29, 1.82) is 0 Å². The normalized spacial score (nSPS) is 23.7. The van der Waals surface area contributed by atoms with Crippen LogP contribution in [0.1, 0.15) is 37.9 Å². The van der Waals surface area contributed by atoms with Gasteiger partial charge in [0.05, 0.1) is 35.8 Å². The van der Waals surface area contributed by atoms with Gasteiger partial charge in [0.15, 0.2) is 0 Å². The third-order valence-corrected chi connectivity index (χ3v) is 5.79. The molecule has 1 fully saturated rings. The maximum atomic E-state index is 13.2. The number of nitrogens with zero attached hydrogens (tertiary/aromatic N) is 4. The molecule has 1 atom stereocenters. The van der Waals surface area contributed by atoms with Crippen LogP contribution >= 0.6 is 0 Å². The van der Waals surface area contributed by atoms with E-state index in [1.807, 2.05) is 11.6 Å². The van der Waals surface area contributed by atoms with Crippen LogP contribution in [0.15, 0.2) is 23.0 Å². The average molecular weight is 429 g/mol. The number of likely N-dealkylation sites (tertiary alicyclic amines) is 1. The van der Waals surface area contributed by atoms with Crippen LogP contribution in [0, 0.1) is 6.92 Å². The van der Waals surface area contributed by atoms with Gasteiger partial charge < -0.3 is 26.0 Å². The molecule has 0 saturated carbocycles. The van der Waals surface area contributed by atoms with E-state index in [0.717, 1.165) is 51.0 Å². The molecule has 30 heavy (non-hydrogen) atoms. The molecule has 0 spiro atoms. The molecule has 0 radical (unpaired) electrons. The number of aromatic nitrogens is 2. The molecule has 1 aromatic rings. The zero-order chi connectivity index (χ0) is 21.9. The Morgan fingerprint density at radius 2 is 2.07 bits per heavy atom. The number of hydrogen-bond acceptors (Lipinski definition) is 7. The minimum atomic E-state index is -4.55. The number of rotatable bonds is 6. The first-order valence-corrected chi connectivity index (χ1v) is 10.1. The molecule has 11 heteroatoms. The third kappa shape index (κ3) is 4.79. The van der Waals surface area contributed by atoms with Crippen LogP contribution in [-0.2, 0) is 4.74 Å². The third-order valence-electron chi connectivity index (χ3n) is 5.79. The van der Waals surface area contributed by atoms with Crippen molar-refractivity contribution in [2.75, 3.05) is 38.7 Å². The van der Waals surface area contributed by atoms with Crippen molar-refractivity contribution in [2.24, 2.45) is 10.7 Å². The van der Waals surface area contributed by atoms with Gasteiger partial charge in [-0.05, 0) is 26.2 Å². The zero-order valence-electron chi connectivity index (χ0n) is 17.6. The average Bonchev–Trinajstić information content (AvgIpc) is 3.06. The van der Waals surface area contributed by atoms with Crippen LogP contribution in [0.5, 0.6) is 0 Å². The van der Waals surface area contributed by atoms with Crippen molar-refractivity contribution in [1.82, 2.24) is 20.0 Å². The summed E-state index contributed by atoms with van der Waals surface area (Å²) >= 11 is 0. The molecule has 1 aromatic heterocycles. The first-order valence-electron chi connectivity index (χ1n) is 10.1. The van der Waals surface area contributed by atoms with Crippen LogP contribution in [0.2, 0.25) is 0 Å². The SMILES string of the molecule is CCC1(N)N=C(Nc2cnn(C3CCN(CCOC)CC3)c2C)NC=C1C(F)(F)F. The highest BCUT2D eigenvalue weighted by molar-refractivity contribution is 5.95. The standard InChI is InChI=1S/C19H30F3N7O/c1-4-18(23)16(19(20,21)22)12-24-17(27-18)26-15-11-25-29(13(15)2)14-5-7-28(8-6-14)9-10-30-3/h11-12,14H,4-10,23H2,1-3H3,(H2,24,26,27). The molecule has 0 bridgehead atoms. The van der Waals surface area contributed by atoms with Crippen LogP contribution in [0.4, 0.5) is 18.9 Å². The van der Waals surface area contributed by atoms with Crippen LogP contribution in [-0.4, -0.2) is 65.8 Å². The van der Waals surface area contributed by atoms with Gasteiger partial charge in [0.1, 0.15) is 5.66 Å². The van der Waals surface area contributed by atoms with Crippen molar-refractivity contribution in [2.45, 2.75) is 51.0 Å². The molecule has 1 saturated heterocycles. The molecule has 0 aliphatic carbocycles. The molecule has 3 rings (SSSR count). The lowest BCUT2D eigenvalue weighted by Gasteiger charge is -2.33. The zero-order valence-corrected chi connectivity index (χ0v) is 17.6. The van der Waals surface area contributed by atoms with Crippen molar-refractivity contribution in [3.63, 3.8) is 0 Å². The predicted octanol–water partition coefficient (Wildman–Crippen LogP) is 2.36. The van der Waals surface area contributed by atoms with Crippen molar-refractivity contribution in [3.05, 3.63) is 23.7 Å². The molecule has 1 unspecified atom stereocenters. The summed E-state index contributed by atoms with van der Waals surface area (Å²) in [5.74, 6) is 0.171. The maximum Gasteiger partial charge on any atom is 0.417 e. The second-order valence-electron chi connectivity index (χ2n) is 7.72. The van der Waals surface area contributed by atoms with Gasteiger partial charge in [0.25, 0.3) is 0 Å². The quantitative estimate of drug-likeness (QED) is 0.643. The maximum absolute atomic E-state index is 13.2. The van der Waals surface area contributed by atoms with Gasteiger partial charge in [0.2, 0.25) is 5.96 Å². The van der Waals surface area contributed by atoms with Crippen LogP contribution in [0.25, 0.3) is 0 Å². The second-order valence-corrected chi connectivity index (χ2v) is 7.72. The highest BCUT2D eigenvalue weighted by atomic mass is 19.4. The first kappa shape index (κ1) is 22.6. The number of nitrogens with one attached hydrogen (secondary N) is 2. The smallest absolute Gasteiger partial charge is 0.383 e. The van der Waals surface area contributed by atoms with Crippen LogP contribution < -0.4 is 16.4 Å². The lowest BCUT2D eigenvalue weighted by Crippen LogP contribution is -2.51. The summed E-state index contributed by atoms with van der Waals surface area (Å²) in [7, 11) is 1.70. The van der Waals surface area contributed by atoms with E-state index in [-0.39, 0.29) is 18.4 Å². The second kappa shape index (κ2) is 8.94. The van der Waals surface area contributed by atoms with E-state index in [9.17, 15) is 13.2 Å². The van der Waals surface area contributed by atoms with Gasteiger partial charge in [-0.15, -0.1) is 0 Å². The van der Waals surface area contributed by atoms with Crippen molar-refractivity contribution in [3.8, 4) is 0 Å². The number of anilines is 1. The Kier molecular flexibility index (Phi) is 6.73. The summed E-state index contributed by atoms with van der Waals surface area (Å²) in [6, 6.07) is 0.279. The number of hydrogen-bond donors (Lipinski definition) is 3. The molecule has 0 amide bonds. The minimum absolute atomic E-state index is 0.0189. The summed E-state index contributed by atoms with van der Waals surface area (Å²) in [6.45, 7) is 7.10. The summed E-state index contributed by atoms with van der Waals surface area (Å²) in [4.78, 5) is 6.47. The molecule has 0 aromatic carbocycles. The number of ether oxygens (including phenoxy) is 1. The van der Waals surface area contributed by atoms with Gasteiger partial charge in [0, 0.05) is 32.9 Å². The minimum Gasteiger partial charge on any atom is -0.383 e. The summed E-state index contributed by atoms with van der Waals surface area (Å²) < 4.78 is 46.9. The Labute approximate surface area is 174 Å².